The Balaban J connectivity index is 2.47. The minimum atomic E-state index is 0.122. The van der Waals surface area contributed by atoms with Crippen LogP contribution in [-0.4, -0.2) is 22.8 Å². The lowest BCUT2D eigenvalue weighted by atomic mass is 9.92. The fourth-order valence-electron chi connectivity index (χ4n) is 1.91. The van der Waals surface area contributed by atoms with Gasteiger partial charge >= 0.3 is 0 Å². The summed E-state index contributed by atoms with van der Waals surface area (Å²) in [6.07, 6.45) is 5.38. The Morgan fingerprint density at radius 2 is 1.94 bits per heavy atom. The summed E-state index contributed by atoms with van der Waals surface area (Å²) in [5, 5.41) is 0. The van der Waals surface area contributed by atoms with Crippen molar-refractivity contribution in [3.8, 4) is 0 Å². The normalized spacial score (nSPS) is 12.0. The molecule has 0 spiro atoms. The largest absolute Gasteiger partial charge is 0.381 e. The van der Waals surface area contributed by atoms with Crippen molar-refractivity contribution in [3.63, 3.8) is 0 Å². The van der Waals surface area contributed by atoms with Crippen LogP contribution in [0.25, 0.3) is 0 Å². The Kier molecular flexibility index (Phi) is 6.09. The average molecular weight is 270 g/mol. The second-order valence-corrected chi connectivity index (χ2v) is 6.09. The number of rotatable bonds is 7. The molecule has 0 saturated heterocycles. The van der Waals surface area contributed by atoms with Gasteiger partial charge in [0.25, 0.3) is 0 Å². The van der Waals surface area contributed by atoms with Crippen LogP contribution in [-0.2, 0) is 16.7 Å². The van der Waals surface area contributed by atoms with E-state index in [1.807, 2.05) is 6.20 Å². The van der Waals surface area contributed by atoms with Gasteiger partial charge in [-0.3, -0.25) is 0 Å². The van der Waals surface area contributed by atoms with E-state index < -0.39 is 0 Å². The lowest BCUT2D eigenvalue weighted by molar-refractivity contribution is 0.125. The molecule has 0 amide bonds. The fourth-order valence-corrected chi connectivity index (χ4v) is 2.16. The molecule has 1 heterocycles. The molecule has 1 aromatic heterocycles. The van der Waals surface area contributed by atoms with Gasteiger partial charge in [0.15, 0.2) is 4.77 Å². The predicted molar refractivity (Wildman–Crippen MR) is 78.7 cm³/mol. The topological polar surface area (TPSA) is 29.9 Å². The smallest absolute Gasteiger partial charge is 0.177 e. The zero-order valence-electron chi connectivity index (χ0n) is 12.1. The maximum absolute atomic E-state index is 5.58. The third-order valence-electron chi connectivity index (χ3n) is 2.95. The van der Waals surface area contributed by atoms with E-state index in [9.17, 15) is 0 Å². The quantitative estimate of drug-likeness (QED) is 0.598. The molecule has 0 aromatic carbocycles. The van der Waals surface area contributed by atoms with Crippen molar-refractivity contribution in [2.24, 2.45) is 0 Å². The van der Waals surface area contributed by atoms with Gasteiger partial charge in [-0.05, 0) is 25.1 Å². The minimum absolute atomic E-state index is 0.122. The molecule has 104 valence electrons. The molecular weight excluding hydrogens is 244 g/mol. The Morgan fingerprint density at radius 1 is 1.28 bits per heavy atom. The van der Waals surface area contributed by atoms with E-state index >= 15 is 0 Å². The first kappa shape index (κ1) is 15.4. The van der Waals surface area contributed by atoms with E-state index in [1.54, 1.807) is 0 Å². The number of nitrogens with zero attached hydrogens (tertiary/aromatic N) is 1. The van der Waals surface area contributed by atoms with E-state index in [2.05, 4.69) is 37.2 Å². The summed E-state index contributed by atoms with van der Waals surface area (Å²) in [4.78, 5) is 3.14. The molecule has 4 heteroatoms. The Hall–Kier alpha value is -0.610. The van der Waals surface area contributed by atoms with Gasteiger partial charge in [0.1, 0.15) is 0 Å². The molecule has 3 nitrogen and oxygen atoms in total. The maximum atomic E-state index is 5.58. The van der Waals surface area contributed by atoms with Gasteiger partial charge in [0.05, 0.1) is 0 Å². The molecule has 0 atom stereocenters. The van der Waals surface area contributed by atoms with Crippen LogP contribution in [0.15, 0.2) is 6.20 Å². The molecule has 0 aliphatic rings. The van der Waals surface area contributed by atoms with Crippen LogP contribution in [0.5, 0.6) is 0 Å². The average Bonchev–Trinajstić information content (AvgIpc) is 2.65. The van der Waals surface area contributed by atoms with E-state index in [-0.39, 0.29) is 5.41 Å². The zero-order chi connectivity index (χ0) is 13.6. The molecule has 0 fully saturated rings. The second kappa shape index (κ2) is 7.10. The van der Waals surface area contributed by atoms with Gasteiger partial charge in [0.2, 0.25) is 0 Å². The molecule has 0 aliphatic heterocycles. The van der Waals surface area contributed by atoms with Gasteiger partial charge in [-0.25, -0.2) is 0 Å². The highest BCUT2D eigenvalue weighted by Gasteiger charge is 2.18. The van der Waals surface area contributed by atoms with E-state index in [1.165, 1.54) is 12.1 Å². The molecule has 18 heavy (non-hydrogen) atoms. The number of ether oxygens (including phenoxy) is 1. The fraction of sp³-hybridized carbons (Fsp3) is 0.786. The lowest BCUT2D eigenvalue weighted by Crippen LogP contribution is -2.18. The van der Waals surface area contributed by atoms with Crippen molar-refractivity contribution < 1.29 is 4.74 Å². The number of aromatic amines is 1. The van der Waals surface area contributed by atoms with Crippen LogP contribution >= 0.6 is 12.2 Å². The zero-order valence-corrected chi connectivity index (χ0v) is 12.9. The standard InChI is InChI=1S/C14H26N2OS/c1-5-6-9-17-10-7-8-16-12(14(2,3)4)11-15-13(16)18/h11H,5-10H2,1-4H3,(H,15,18). The predicted octanol–water partition coefficient (Wildman–Crippen LogP) is 4.05. The van der Waals surface area contributed by atoms with Crippen LogP contribution in [0.3, 0.4) is 0 Å². The maximum Gasteiger partial charge on any atom is 0.177 e. The highest BCUT2D eigenvalue weighted by atomic mass is 32.1. The first-order chi connectivity index (χ1) is 8.46. The van der Waals surface area contributed by atoms with Gasteiger partial charge in [-0.2, -0.15) is 0 Å². The van der Waals surface area contributed by atoms with Crippen molar-refractivity contribution in [2.75, 3.05) is 13.2 Å². The number of nitrogens with one attached hydrogen (secondary N) is 1. The number of unbranched alkanes of at least 4 members (excludes halogenated alkanes) is 1. The Bertz CT molecular complexity index is 401. The molecule has 0 aliphatic carbocycles. The minimum Gasteiger partial charge on any atom is -0.381 e. The molecule has 1 N–H and O–H groups in total. The molecule has 1 aromatic rings. The van der Waals surface area contributed by atoms with Crippen molar-refractivity contribution >= 4 is 12.2 Å². The first-order valence-electron chi connectivity index (χ1n) is 6.83. The van der Waals surface area contributed by atoms with Gasteiger partial charge in [-0.15, -0.1) is 0 Å². The highest BCUT2D eigenvalue weighted by molar-refractivity contribution is 7.71. The number of aromatic nitrogens is 2. The summed E-state index contributed by atoms with van der Waals surface area (Å²) in [5.41, 5.74) is 1.39. The molecule has 0 saturated carbocycles. The number of hydrogen-bond acceptors (Lipinski definition) is 2. The van der Waals surface area contributed by atoms with E-state index in [0.717, 1.165) is 37.4 Å². The van der Waals surface area contributed by atoms with Crippen LogP contribution in [0, 0.1) is 4.77 Å². The third kappa shape index (κ3) is 4.58. The summed E-state index contributed by atoms with van der Waals surface area (Å²) in [6, 6.07) is 0. The molecule has 0 unspecified atom stereocenters. The van der Waals surface area contributed by atoms with Gasteiger partial charge in [-0.1, -0.05) is 34.1 Å². The van der Waals surface area contributed by atoms with Crippen LogP contribution < -0.4 is 0 Å². The molecular formula is C14H26N2OS. The van der Waals surface area contributed by atoms with Crippen LogP contribution in [0.1, 0.15) is 52.7 Å². The lowest BCUT2D eigenvalue weighted by Gasteiger charge is -2.20. The molecule has 1 rings (SSSR count). The number of H-pyrrole nitrogens is 1. The molecule has 0 radical (unpaired) electrons. The molecule has 0 bridgehead atoms. The van der Waals surface area contributed by atoms with Crippen LogP contribution in [0.2, 0.25) is 0 Å². The number of hydrogen-bond donors (Lipinski definition) is 1. The van der Waals surface area contributed by atoms with Crippen molar-refractivity contribution in [1.82, 2.24) is 9.55 Å². The SMILES string of the molecule is CCCCOCCCn1c(C(C)(C)C)c[nH]c1=S. The van der Waals surface area contributed by atoms with Crippen LogP contribution in [0.4, 0.5) is 0 Å². The Labute approximate surface area is 116 Å². The summed E-state index contributed by atoms with van der Waals surface area (Å²) < 4.78 is 8.59. The Morgan fingerprint density at radius 3 is 2.56 bits per heavy atom. The van der Waals surface area contributed by atoms with Gasteiger partial charge in [0, 0.05) is 37.1 Å². The van der Waals surface area contributed by atoms with Crippen molar-refractivity contribution in [3.05, 3.63) is 16.7 Å². The van der Waals surface area contributed by atoms with Gasteiger partial charge < -0.3 is 14.3 Å². The summed E-state index contributed by atoms with van der Waals surface area (Å²) in [6.45, 7) is 11.4. The first-order valence-corrected chi connectivity index (χ1v) is 7.24. The van der Waals surface area contributed by atoms with Crippen molar-refractivity contribution in [2.45, 2.75) is 58.9 Å². The summed E-state index contributed by atoms with van der Waals surface area (Å²) in [5.74, 6) is 0. The second-order valence-electron chi connectivity index (χ2n) is 5.70. The monoisotopic (exact) mass is 270 g/mol. The number of imidazole rings is 1. The van der Waals surface area contributed by atoms with E-state index in [0.29, 0.717) is 0 Å². The summed E-state index contributed by atoms with van der Waals surface area (Å²) in [7, 11) is 0. The summed E-state index contributed by atoms with van der Waals surface area (Å²) >= 11 is 5.33. The van der Waals surface area contributed by atoms with E-state index in [4.69, 9.17) is 17.0 Å². The third-order valence-corrected chi connectivity index (χ3v) is 3.29. The van der Waals surface area contributed by atoms with Crippen molar-refractivity contribution in [1.29, 1.82) is 0 Å². The highest BCUT2D eigenvalue weighted by Crippen LogP contribution is 2.22.